The van der Waals surface area contributed by atoms with Crippen molar-refractivity contribution in [3.63, 3.8) is 0 Å². The van der Waals surface area contributed by atoms with Gasteiger partial charge in [-0.05, 0) is 60.2 Å². The Kier molecular flexibility index (Phi) is 6.06. The molecule has 1 aliphatic carbocycles. The van der Waals surface area contributed by atoms with Crippen LogP contribution < -0.4 is 10.1 Å². The lowest BCUT2D eigenvalue weighted by Crippen LogP contribution is -2.34. The van der Waals surface area contributed by atoms with Crippen molar-refractivity contribution >= 4 is 17.6 Å². The van der Waals surface area contributed by atoms with Gasteiger partial charge >= 0.3 is 5.97 Å². The van der Waals surface area contributed by atoms with Crippen LogP contribution in [0.2, 0.25) is 0 Å². The van der Waals surface area contributed by atoms with E-state index in [1.165, 1.54) is 5.56 Å². The third kappa shape index (κ3) is 5.25. The lowest BCUT2D eigenvalue weighted by atomic mass is 9.82. The van der Waals surface area contributed by atoms with E-state index in [-0.39, 0.29) is 11.3 Å². The third-order valence-corrected chi connectivity index (χ3v) is 5.16. The van der Waals surface area contributed by atoms with Gasteiger partial charge in [0.15, 0.2) is 0 Å². The van der Waals surface area contributed by atoms with E-state index in [0.29, 0.717) is 24.3 Å². The molecule has 3 rings (SSSR count). The Morgan fingerprint density at radius 1 is 0.897 bits per heavy atom. The number of anilines is 1. The van der Waals surface area contributed by atoms with Crippen molar-refractivity contribution in [3.8, 4) is 11.5 Å². The minimum absolute atomic E-state index is 0.0894. The molecule has 2 atom stereocenters. The summed E-state index contributed by atoms with van der Waals surface area (Å²) < 4.78 is 5.87. The van der Waals surface area contributed by atoms with Crippen molar-refractivity contribution in [1.29, 1.82) is 0 Å². The number of benzene rings is 2. The summed E-state index contributed by atoms with van der Waals surface area (Å²) in [5, 5.41) is 12.2. The van der Waals surface area contributed by atoms with Crippen LogP contribution in [0.3, 0.4) is 0 Å². The number of rotatable bonds is 5. The minimum Gasteiger partial charge on any atom is -0.481 e. The molecule has 1 aliphatic rings. The van der Waals surface area contributed by atoms with Crippen LogP contribution in [0.5, 0.6) is 11.5 Å². The van der Waals surface area contributed by atoms with Crippen molar-refractivity contribution < 1.29 is 19.4 Å². The van der Waals surface area contributed by atoms with E-state index in [0.717, 1.165) is 5.75 Å². The highest BCUT2D eigenvalue weighted by Crippen LogP contribution is 2.29. The van der Waals surface area contributed by atoms with Gasteiger partial charge in [0.05, 0.1) is 11.8 Å². The summed E-state index contributed by atoms with van der Waals surface area (Å²) in [5.41, 5.74) is 1.94. The maximum Gasteiger partial charge on any atom is 0.307 e. The first kappa shape index (κ1) is 20.6. The average Bonchev–Trinajstić information content (AvgIpc) is 2.69. The van der Waals surface area contributed by atoms with Crippen molar-refractivity contribution in [2.75, 3.05) is 5.32 Å². The zero-order valence-electron chi connectivity index (χ0n) is 17.0. The summed E-state index contributed by atoms with van der Waals surface area (Å²) in [6.07, 6.45) is 4.51. The zero-order valence-corrected chi connectivity index (χ0v) is 17.0. The zero-order chi connectivity index (χ0) is 21.0. The van der Waals surface area contributed by atoms with E-state index in [9.17, 15) is 14.7 Å². The first-order chi connectivity index (χ1) is 13.7. The number of hydrogen-bond donors (Lipinski definition) is 2. The van der Waals surface area contributed by atoms with Gasteiger partial charge in [-0.15, -0.1) is 0 Å². The fourth-order valence-electron chi connectivity index (χ4n) is 3.38. The Labute approximate surface area is 171 Å². The summed E-state index contributed by atoms with van der Waals surface area (Å²) in [6.45, 7) is 6.49. The molecule has 0 spiro atoms. The molecule has 0 saturated carbocycles. The number of carboxylic acid groups (broad SMARTS) is 1. The van der Waals surface area contributed by atoms with Crippen LogP contribution in [0.4, 0.5) is 5.69 Å². The molecule has 0 aromatic heterocycles. The highest BCUT2D eigenvalue weighted by atomic mass is 16.5. The van der Waals surface area contributed by atoms with Gasteiger partial charge in [-0.3, -0.25) is 9.59 Å². The molecule has 1 amide bonds. The third-order valence-electron chi connectivity index (χ3n) is 5.16. The van der Waals surface area contributed by atoms with Gasteiger partial charge in [0.1, 0.15) is 11.5 Å². The van der Waals surface area contributed by atoms with Crippen LogP contribution in [-0.4, -0.2) is 17.0 Å². The van der Waals surface area contributed by atoms with Gasteiger partial charge in [-0.2, -0.15) is 0 Å². The predicted octanol–water partition coefficient (Wildman–Crippen LogP) is 5.38. The molecule has 0 saturated heterocycles. The van der Waals surface area contributed by atoms with Gasteiger partial charge in [0.2, 0.25) is 5.91 Å². The molecule has 2 N–H and O–H groups in total. The van der Waals surface area contributed by atoms with E-state index in [2.05, 4.69) is 38.2 Å². The van der Waals surface area contributed by atoms with Gasteiger partial charge in [0.25, 0.3) is 0 Å². The van der Waals surface area contributed by atoms with E-state index in [1.54, 1.807) is 24.3 Å². The second-order valence-electron chi connectivity index (χ2n) is 8.38. The maximum atomic E-state index is 12.5. The van der Waals surface area contributed by atoms with Crippen LogP contribution in [0.25, 0.3) is 0 Å². The number of carbonyl (C=O) groups is 2. The van der Waals surface area contributed by atoms with E-state index < -0.39 is 17.8 Å². The Bertz CT molecular complexity index is 892. The molecule has 152 valence electrons. The van der Waals surface area contributed by atoms with Crippen LogP contribution in [0.1, 0.15) is 39.2 Å². The minimum atomic E-state index is -0.935. The number of hydrogen-bond acceptors (Lipinski definition) is 3. The van der Waals surface area contributed by atoms with E-state index in [1.807, 2.05) is 24.3 Å². The molecule has 5 heteroatoms. The first-order valence-corrected chi connectivity index (χ1v) is 9.81. The normalized spacial score (nSPS) is 18.9. The van der Waals surface area contributed by atoms with Crippen molar-refractivity contribution in [2.45, 2.75) is 39.0 Å². The number of amides is 1. The van der Waals surface area contributed by atoms with Crippen molar-refractivity contribution in [2.24, 2.45) is 11.8 Å². The summed E-state index contributed by atoms with van der Waals surface area (Å²) in [7, 11) is 0. The monoisotopic (exact) mass is 393 g/mol. The molecule has 29 heavy (non-hydrogen) atoms. The molecule has 0 heterocycles. The molecule has 0 aliphatic heterocycles. The largest absolute Gasteiger partial charge is 0.481 e. The Hall–Kier alpha value is -3.08. The number of carbonyl (C=O) groups excluding carboxylic acids is 1. The van der Waals surface area contributed by atoms with Gasteiger partial charge < -0.3 is 15.2 Å². The molecule has 0 radical (unpaired) electrons. The topological polar surface area (TPSA) is 75.6 Å². The van der Waals surface area contributed by atoms with Crippen molar-refractivity contribution in [3.05, 3.63) is 66.2 Å². The van der Waals surface area contributed by atoms with Gasteiger partial charge in [-0.25, -0.2) is 0 Å². The summed E-state index contributed by atoms with van der Waals surface area (Å²) in [6, 6.07) is 15.1. The van der Waals surface area contributed by atoms with Crippen molar-refractivity contribution in [1.82, 2.24) is 0 Å². The SMILES string of the molecule is CC(C)(C)c1ccc(Oc2ccc(NC(=O)C3CC=CCC3C(=O)O)cc2)cc1. The quantitative estimate of drug-likeness (QED) is 0.669. The predicted molar refractivity (Wildman–Crippen MR) is 113 cm³/mol. The summed E-state index contributed by atoms with van der Waals surface area (Å²) in [5.74, 6) is -1.04. The molecule has 0 fully saturated rings. The number of nitrogens with one attached hydrogen (secondary N) is 1. The molecular weight excluding hydrogens is 366 g/mol. The molecular formula is C24H27NO4. The number of carboxylic acids is 1. The van der Waals surface area contributed by atoms with Gasteiger partial charge in [-0.1, -0.05) is 45.1 Å². The van der Waals surface area contributed by atoms with Gasteiger partial charge in [0, 0.05) is 5.69 Å². The number of ether oxygens (including phenoxy) is 1. The fourth-order valence-corrected chi connectivity index (χ4v) is 3.38. The van der Waals surface area contributed by atoms with Crippen LogP contribution >= 0.6 is 0 Å². The summed E-state index contributed by atoms with van der Waals surface area (Å²) >= 11 is 0. The molecule has 2 unspecified atom stereocenters. The number of allylic oxidation sites excluding steroid dienone is 2. The van der Waals surface area contributed by atoms with Crippen LogP contribution in [0.15, 0.2) is 60.7 Å². The highest BCUT2D eigenvalue weighted by molar-refractivity contribution is 5.95. The summed E-state index contributed by atoms with van der Waals surface area (Å²) in [4.78, 5) is 23.9. The smallest absolute Gasteiger partial charge is 0.307 e. The second kappa shape index (κ2) is 8.52. The second-order valence-corrected chi connectivity index (χ2v) is 8.38. The van der Waals surface area contributed by atoms with Crippen LogP contribution in [-0.2, 0) is 15.0 Å². The molecule has 2 aromatic carbocycles. The lowest BCUT2D eigenvalue weighted by molar-refractivity contribution is -0.146. The lowest BCUT2D eigenvalue weighted by Gasteiger charge is -2.24. The average molecular weight is 393 g/mol. The highest BCUT2D eigenvalue weighted by Gasteiger charge is 2.33. The molecule has 0 bridgehead atoms. The number of aliphatic carboxylic acids is 1. The Morgan fingerprint density at radius 3 is 1.93 bits per heavy atom. The maximum absolute atomic E-state index is 12.5. The van der Waals surface area contributed by atoms with E-state index >= 15 is 0 Å². The van der Waals surface area contributed by atoms with Crippen LogP contribution in [0, 0.1) is 11.8 Å². The molecule has 5 nitrogen and oxygen atoms in total. The van der Waals surface area contributed by atoms with E-state index in [4.69, 9.17) is 4.74 Å². The first-order valence-electron chi connectivity index (χ1n) is 9.81. The molecule has 2 aromatic rings. The fraction of sp³-hybridized carbons (Fsp3) is 0.333. The Morgan fingerprint density at radius 2 is 1.41 bits per heavy atom. The standard InChI is InChI=1S/C24H27NO4/c1-24(2,3)16-8-12-18(13-9-16)29-19-14-10-17(11-15-19)25-22(26)20-6-4-5-7-21(20)23(27)28/h4-5,8-15,20-21H,6-7H2,1-3H3,(H,25,26)(H,27,28). The Balaban J connectivity index is 1.62.